The summed E-state index contributed by atoms with van der Waals surface area (Å²) < 4.78 is 11.3. The lowest BCUT2D eigenvalue weighted by atomic mass is 10.1. The molecule has 4 rings (SSSR count). The third-order valence-electron chi connectivity index (χ3n) is 5.21. The molecule has 4 nitrogen and oxygen atoms in total. The Morgan fingerprint density at radius 3 is 2.83 bits per heavy atom. The fourth-order valence-electron chi connectivity index (χ4n) is 4.06. The fraction of sp³-hybridized carbons (Fsp3) is 0.667. The first-order valence-corrected chi connectivity index (χ1v) is 9.12. The summed E-state index contributed by atoms with van der Waals surface area (Å²) in [6, 6.07) is 4.14. The van der Waals surface area contributed by atoms with Gasteiger partial charge in [0.2, 0.25) is 0 Å². The van der Waals surface area contributed by atoms with Gasteiger partial charge in [0.1, 0.15) is 5.75 Å². The van der Waals surface area contributed by atoms with Crippen molar-refractivity contribution in [2.45, 2.75) is 19.4 Å². The van der Waals surface area contributed by atoms with Gasteiger partial charge >= 0.3 is 0 Å². The molecule has 0 bridgehead atoms. The Balaban J connectivity index is 1.35. The molecule has 126 valence electrons. The molecule has 0 aromatic heterocycles. The van der Waals surface area contributed by atoms with E-state index >= 15 is 0 Å². The number of benzene rings is 1. The highest BCUT2D eigenvalue weighted by atomic mass is 35.5. The Morgan fingerprint density at radius 1 is 1.09 bits per heavy atom. The van der Waals surface area contributed by atoms with Gasteiger partial charge in [-0.15, -0.1) is 0 Å². The third-order valence-corrected chi connectivity index (χ3v) is 5.43. The standard InChI is InChI=1S/C18H25ClN2O2/c19-17-9-15-2-6-23-18(15)16(10-17)13-21-3-1-14(12-21)11-20-4-7-22-8-5-20/h9-10,14H,1-8,11-13H2. The SMILES string of the molecule is Clc1cc2c(c(CN3CCC(CN4CCOCC4)C3)c1)OCC2. The van der Waals surface area contributed by atoms with Crippen molar-refractivity contribution in [2.75, 3.05) is 52.5 Å². The molecular weight excluding hydrogens is 312 g/mol. The molecule has 2 saturated heterocycles. The number of ether oxygens (including phenoxy) is 2. The topological polar surface area (TPSA) is 24.9 Å². The van der Waals surface area contributed by atoms with Crippen molar-refractivity contribution in [1.29, 1.82) is 0 Å². The molecule has 0 radical (unpaired) electrons. The van der Waals surface area contributed by atoms with Crippen molar-refractivity contribution in [3.05, 3.63) is 28.3 Å². The summed E-state index contributed by atoms with van der Waals surface area (Å²) >= 11 is 6.28. The van der Waals surface area contributed by atoms with E-state index in [9.17, 15) is 0 Å². The van der Waals surface area contributed by atoms with Gasteiger partial charge in [0, 0.05) is 49.7 Å². The van der Waals surface area contributed by atoms with Gasteiger partial charge in [-0.3, -0.25) is 9.80 Å². The lowest BCUT2D eigenvalue weighted by Crippen LogP contribution is -2.39. The zero-order chi connectivity index (χ0) is 15.6. The molecule has 3 heterocycles. The molecule has 1 unspecified atom stereocenters. The summed E-state index contributed by atoms with van der Waals surface area (Å²) in [5.74, 6) is 1.87. The number of rotatable bonds is 4. The van der Waals surface area contributed by atoms with E-state index < -0.39 is 0 Å². The number of likely N-dealkylation sites (tertiary alicyclic amines) is 1. The summed E-state index contributed by atoms with van der Waals surface area (Å²) in [4.78, 5) is 5.11. The number of hydrogen-bond donors (Lipinski definition) is 0. The smallest absolute Gasteiger partial charge is 0.127 e. The van der Waals surface area contributed by atoms with Gasteiger partial charge < -0.3 is 9.47 Å². The van der Waals surface area contributed by atoms with E-state index in [-0.39, 0.29) is 0 Å². The molecule has 1 atom stereocenters. The number of nitrogens with zero attached hydrogens (tertiary/aromatic N) is 2. The van der Waals surface area contributed by atoms with Crippen molar-refractivity contribution in [1.82, 2.24) is 9.80 Å². The highest BCUT2D eigenvalue weighted by Gasteiger charge is 2.27. The minimum atomic E-state index is 0.779. The monoisotopic (exact) mass is 336 g/mol. The van der Waals surface area contributed by atoms with Gasteiger partial charge in [-0.05, 0) is 36.6 Å². The van der Waals surface area contributed by atoms with Crippen LogP contribution < -0.4 is 4.74 Å². The zero-order valence-electron chi connectivity index (χ0n) is 13.6. The van der Waals surface area contributed by atoms with Crippen molar-refractivity contribution < 1.29 is 9.47 Å². The first-order valence-electron chi connectivity index (χ1n) is 8.74. The van der Waals surface area contributed by atoms with Crippen LogP contribution in [0.4, 0.5) is 0 Å². The van der Waals surface area contributed by atoms with E-state index in [0.29, 0.717) is 0 Å². The molecule has 2 fully saturated rings. The number of fused-ring (bicyclic) bond motifs is 1. The van der Waals surface area contributed by atoms with Crippen LogP contribution in [0.5, 0.6) is 5.75 Å². The number of halogens is 1. The maximum atomic E-state index is 6.28. The van der Waals surface area contributed by atoms with Crippen LogP contribution in [0.3, 0.4) is 0 Å². The van der Waals surface area contributed by atoms with Crippen LogP contribution in [-0.4, -0.2) is 62.3 Å². The normalized spacial score (nSPS) is 25.5. The first kappa shape index (κ1) is 15.7. The third kappa shape index (κ3) is 3.66. The lowest BCUT2D eigenvalue weighted by Gasteiger charge is -2.29. The maximum absolute atomic E-state index is 6.28. The van der Waals surface area contributed by atoms with Crippen LogP contribution in [0.1, 0.15) is 17.5 Å². The second-order valence-electron chi connectivity index (χ2n) is 6.95. The van der Waals surface area contributed by atoms with Crippen molar-refractivity contribution in [3.8, 4) is 5.75 Å². The zero-order valence-corrected chi connectivity index (χ0v) is 14.4. The highest BCUT2D eigenvalue weighted by molar-refractivity contribution is 6.30. The van der Waals surface area contributed by atoms with E-state index in [4.69, 9.17) is 21.1 Å². The van der Waals surface area contributed by atoms with Crippen molar-refractivity contribution in [2.24, 2.45) is 5.92 Å². The number of morpholine rings is 1. The molecule has 0 aliphatic carbocycles. The molecule has 3 aliphatic rings. The van der Waals surface area contributed by atoms with Gasteiger partial charge in [0.15, 0.2) is 0 Å². The molecule has 3 aliphatic heterocycles. The average molecular weight is 337 g/mol. The van der Waals surface area contributed by atoms with Crippen LogP contribution in [0.15, 0.2) is 12.1 Å². The second-order valence-corrected chi connectivity index (χ2v) is 7.39. The van der Waals surface area contributed by atoms with E-state index in [2.05, 4.69) is 21.9 Å². The fourth-order valence-corrected chi connectivity index (χ4v) is 4.32. The predicted octanol–water partition coefficient (Wildman–Crippen LogP) is 2.43. The highest BCUT2D eigenvalue weighted by Crippen LogP contribution is 2.34. The minimum absolute atomic E-state index is 0.779. The molecular formula is C18H25ClN2O2. The van der Waals surface area contributed by atoms with Crippen LogP contribution >= 0.6 is 11.6 Å². The van der Waals surface area contributed by atoms with Gasteiger partial charge in [0.05, 0.1) is 19.8 Å². The van der Waals surface area contributed by atoms with Gasteiger partial charge in [-0.25, -0.2) is 0 Å². The Labute approximate surface area is 143 Å². The lowest BCUT2D eigenvalue weighted by molar-refractivity contribution is 0.0311. The average Bonchev–Trinajstić information content (AvgIpc) is 3.17. The van der Waals surface area contributed by atoms with Crippen LogP contribution in [-0.2, 0) is 17.7 Å². The Hall–Kier alpha value is -0.810. The van der Waals surface area contributed by atoms with Gasteiger partial charge in [0.25, 0.3) is 0 Å². The van der Waals surface area contributed by atoms with E-state index in [1.54, 1.807) is 0 Å². The summed E-state index contributed by atoms with van der Waals surface area (Å²) in [5.41, 5.74) is 2.54. The van der Waals surface area contributed by atoms with Gasteiger partial charge in [-0.2, -0.15) is 0 Å². The van der Waals surface area contributed by atoms with Crippen molar-refractivity contribution in [3.63, 3.8) is 0 Å². The molecule has 5 heteroatoms. The van der Waals surface area contributed by atoms with E-state index in [1.807, 2.05) is 0 Å². The summed E-state index contributed by atoms with van der Waals surface area (Å²) in [6.07, 6.45) is 2.28. The quantitative estimate of drug-likeness (QED) is 0.843. The Bertz CT molecular complexity index is 560. The molecule has 23 heavy (non-hydrogen) atoms. The largest absolute Gasteiger partial charge is 0.493 e. The Kier molecular flexibility index (Phi) is 4.76. The van der Waals surface area contributed by atoms with Crippen LogP contribution in [0.2, 0.25) is 5.02 Å². The van der Waals surface area contributed by atoms with Crippen LogP contribution in [0, 0.1) is 5.92 Å². The van der Waals surface area contributed by atoms with Crippen LogP contribution in [0.25, 0.3) is 0 Å². The number of hydrogen-bond acceptors (Lipinski definition) is 4. The minimum Gasteiger partial charge on any atom is -0.493 e. The molecule has 0 amide bonds. The summed E-state index contributed by atoms with van der Waals surface area (Å²) in [7, 11) is 0. The molecule has 1 aromatic carbocycles. The molecule has 1 aromatic rings. The predicted molar refractivity (Wildman–Crippen MR) is 91.3 cm³/mol. The maximum Gasteiger partial charge on any atom is 0.127 e. The second kappa shape index (κ2) is 6.98. The molecule has 0 spiro atoms. The van der Waals surface area contributed by atoms with E-state index in [1.165, 1.54) is 37.2 Å². The summed E-state index contributed by atoms with van der Waals surface area (Å²) in [5, 5.41) is 0.841. The van der Waals surface area contributed by atoms with Gasteiger partial charge in [-0.1, -0.05) is 11.6 Å². The molecule has 0 N–H and O–H groups in total. The Morgan fingerprint density at radius 2 is 1.96 bits per heavy atom. The van der Waals surface area contributed by atoms with Crippen molar-refractivity contribution >= 4 is 11.6 Å². The van der Waals surface area contributed by atoms with E-state index in [0.717, 1.165) is 62.6 Å². The first-order chi connectivity index (χ1) is 11.3. The molecule has 0 saturated carbocycles. The summed E-state index contributed by atoms with van der Waals surface area (Å²) in [6.45, 7) is 9.28.